The van der Waals surface area contributed by atoms with E-state index in [-0.39, 0.29) is 10.5 Å². The van der Waals surface area contributed by atoms with Gasteiger partial charge in [0.05, 0.1) is 10.5 Å². The van der Waals surface area contributed by atoms with Crippen molar-refractivity contribution in [2.75, 3.05) is 14.1 Å². The van der Waals surface area contributed by atoms with Gasteiger partial charge in [-0.2, -0.15) is 0 Å². The zero-order valence-corrected chi connectivity index (χ0v) is 16.5. The molecule has 132 valence electrons. The van der Waals surface area contributed by atoms with E-state index in [1.807, 2.05) is 22.6 Å². The number of amides is 2. The molecule has 0 aromatic heterocycles. The predicted octanol–water partition coefficient (Wildman–Crippen LogP) is 1.62. The molecule has 9 heteroatoms. The van der Waals surface area contributed by atoms with Crippen LogP contribution >= 0.6 is 22.6 Å². The maximum Gasteiger partial charge on any atom is 0.270 e. The van der Waals surface area contributed by atoms with Crippen molar-refractivity contribution in [3.63, 3.8) is 0 Å². The molecular weight excluding hydrogens is 457 g/mol. The van der Waals surface area contributed by atoms with Crippen LogP contribution in [0.2, 0.25) is 0 Å². The van der Waals surface area contributed by atoms with E-state index in [2.05, 4.69) is 10.9 Å². The van der Waals surface area contributed by atoms with Crippen molar-refractivity contribution in [3.8, 4) is 0 Å². The van der Waals surface area contributed by atoms with Gasteiger partial charge in [0, 0.05) is 23.2 Å². The van der Waals surface area contributed by atoms with Crippen molar-refractivity contribution in [2.45, 2.75) is 4.90 Å². The molecule has 0 radical (unpaired) electrons. The molecule has 25 heavy (non-hydrogen) atoms. The normalized spacial score (nSPS) is 11.2. The third-order valence-electron chi connectivity index (χ3n) is 3.28. The quantitative estimate of drug-likeness (QED) is 0.521. The Hall–Kier alpha value is -1.98. The molecule has 0 saturated heterocycles. The first-order valence-electron chi connectivity index (χ1n) is 7.11. The first-order chi connectivity index (χ1) is 11.7. The first-order valence-corrected chi connectivity index (χ1v) is 9.63. The summed E-state index contributed by atoms with van der Waals surface area (Å²) in [5.41, 5.74) is 5.14. The number of carbonyl (C=O) groups is 2. The SMILES string of the molecule is CN(C)S(=O)(=O)c1cccc(C(=O)NNC(=O)c2ccccc2I)c1. The lowest BCUT2D eigenvalue weighted by Gasteiger charge is -2.12. The van der Waals surface area contributed by atoms with E-state index >= 15 is 0 Å². The number of hydrogen-bond acceptors (Lipinski definition) is 4. The molecule has 2 aromatic rings. The van der Waals surface area contributed by atoms with Crippen molar-refractivity contribution in [1.82, 2.24) is 15.2 Å². The standard InChI is InChI=1S/C16H16IN3O4S/c1-20(2)25(23,24)12-7-5-6-11(10-12)15(21)18-19-16(22)13-8-3-4-9-14(13)17/h3-10H,1-2H3,(H,18,21)(H,19,22). The summed E-state index contributed by atoms with van der Waals surface area (Å²) in [6.07, 6.45) is 0. The molecule has 7 nitrogen and oxygen atoms in total. The van der Waals surface area contributed by atoms with Crippen molar-refractivity contribution < 1.29 is 18.0 Å². The van der Waals surface area contributed by atoms with Crippen LogP contribution in [0.5, 0.6) is 0 Å². The van der Waals surface area contributed by atoms with Crippen molar-refractivity contribution in [1.29, 1.82) is 0 Å². The Morgan fingerprint density at radius 1 is 0.960 bits per heavy atom. The number of hydrazine groups is 1. The van der Waals surface area contributed by atoms with Gasteiger partial charge in [0.1, 0.15) is 0 Å². The van der Waals surface area contributed by atoms with E-state index in [9.17, 15) is 18.0 Å². The van der Waals surface area contributed by atoms with E-state index in [1.165, 1.54) is 38.4 Å². The highest BCUT2D eigenvalue weighted by molar-refractivity contribution is 14.1. The third kappa shape index (κ3) is 4.55. The molecule has 0 spiro atoms. The molecule has 2 rings (SSSR count). The first kappa shape index (κ1) is 19.3. The summed E-state index contributed by atoms with van der Waals surface area (Å²) in [6, 6.07) is 12.5. The number of benzene rings is 2. The van der Waals surface area contributed by atoms with Gasteiger partial charge in [0.25, 0.3) is 11.8 Å². The van der Waals surface area contributed by atoms with Crippen LogP contribution in [-0.2, 0) is 10.0 Å². The lowest BCUT2D eigenvalue weighted by Crippen LogP contribution is -2.42. The molecule has 0 saturated carbocycles. The van der Waals surface area contributed by atoms with Crippen molar-refractivity contribution in [3.05, 3.63) is 63.2 Å². The molecule has 0 bridgehead atoms. The lowest BCUT2D eigenvalue weighted by atomic mass is 10.2. The largest absolute Gasteiger partial charge is 0.270 e. The van der Waals surface area contributed by atoms with E-state index in [0.717, 1.165) is 7.88 Å². The monoisotopic (exact) mass is 473 g/mol. The summed E-state index contributed by atoms with van der Waals surface area (Å²) in [6.45, 7) is 0. The molecule has 0 atom stereocenters. The number of carbonyl (C=O) groups excluding carboxylic acids is 2. The van der Waals surface area contributed by atoms with Crippen LogP contribution in [0, 0.1) is 3.57 Å². The molecule has 0 aliphatic heterocycles. The highest BCUT2D eigenvalue weighted by Crippen LogP contribution is 2.15. The van der Waals surface area contributed by atoms with Gasteiger partial charge in [-0.25, -0.2) is 12.7 Å². The highest BCUT2D eigenvalue weighted by Gasteiger charge is 2.19. The second kappa shape index (κ2) is 7.93. The van der Waals surface area contributed by atoms with Crippen LogP contribution in [0.4, 0.5) is 0 Å². The van der Waals surface area contributed by atoms with Crippen LogP contribution in [0.3, 0.4) is 0 Å². The molecule has 2 amide bonds. The zero-order valence-electron chi connectivity index (χ0n) is 13.5. The fraction of sp³-hybridized carbons (Fsp3) is 0.125. The summed E-state index contributed by atoms with van der Waals surface area (Å²) < 4.78 is 26.0. The summed E-state index contributed by atoms with van der Waals surface area (Å²) in [7, 11) is -0.835. The number of nitrogens with one attached hydrogen (secondary N) is 2. The van der Waals surface area contributed by atoms with Gasteiger partial charge in [-0.05, 0) is 52.9 Å². The summed E-state index contributed by atoms with van der Waals surface area (Å²) in [5.74, 6) is -1.08. The number of sulfonamides is 1. The van der Waals surface area contributed by atoms with Crippen molar-refractivity contribution in [2.24, 2.45) is 0 Å². The summed E-state index contributed by atoms with van der Waals surface area (Å²) >= 11 is 2.02. The minimum atomic E-state index is -3.65. The van der Waals surface area contributed by atoms with Gasteiger partial charge in [-0.3, -0.25) is 20.4 Å². The highest BCUT2D eigenvalue weighted by atomic mass is 127. The van der Waals surface area contributed by atoms with E-state index in [0.29, 0.717) is 5.56 Å². The maximum atomic E-state index is 12.2. The van der Waals surface area contributed by atoms with Crippen LogP contribution < -0.4 is 10.9 Å². The minimum Gasteiger partial charge on any atom is -0.267 e. The van der Waals surface area contributed by atoms with Crippen LogP contribution in [0.15, 0.2) is 53.4 Å². The second-order valence-corrected chi connectivity index (χ2v) is 8.52. The molecule has 0 unspecified atom stereocenters. The average molecular weight is 473 g/mol. The van der Waals surface area contributed by atoms with Gasteiger partial charge in [-0.1, -0.05) is 18.2 Å². The fourth-order valence-corrected chi connectivity index (χ4v) is 3.49. The Kier molecular flexibility index (Phi) is 6.14. The Labute approximate surface area is 159 Å². The van der Waals surface area contributed by atoms with Crippen LogP contribution in [0.25, 0.3) is 0 Å². The Morgan fingerprint density at radius 3 is 2.24 bits per heavy atom. The van der Waals surface area contributed by atoms with Gasteiger partial charge in [0.15, 0.2) is 0 Å². The molecule has 0 aliphatic carbocycles. The summed E-state index contributed by atoms with van der Waals surface area (Å²) in [4.78, 5) is 24.3. The molecule has 2 N–H and O–H groups in total. The predicted molar refractivity (Wildman–Crippen MR) is 101 cm³/mol. The van der Waals surface area contributed by atoms with Gasteiger partial charge in [0.2, 0.25) is 10.0 Å². The number of nitrogens with zero attached hydrogens (tertiary/aromatic N) is 1. The van der Waals surface area contributed by atoms with Crippen LogP contribution in [-0.4, -0.2) is 38.6 Å². The molecule has 0 heterocycles. The maximum absolute atomic E-state index is 12.2. The van der Waals surface area contributed by atoms with E-state index in [1.54, 1.807) is 24.3 Å². The number of halogens is 1. The fourth-order valence-electron chi connectivity index (χ4n) is 1.91. The smallest absolute Gasteiger partial charge is 0.267 e. The Morgan fingerprint density at radius 2 is 1.60 bits per heavy atom. The second-order valence-electron chi connectivity index (χ2n) is 5.20. The van der Waals surface area contributed by atoms with Gasteiger partial charge < -0.3 is 0 Å². The number of rotatable bonds is 4. The molecule has 0 fully saturated rings. The topological polar surface area (TPSA) is 95.6 Å². The van der Waals surface area contributed by atoms with Gasteiger partial charge in [-0.15, -0.1) is 0 Å². The minimum absolute atomic E-state index is 0.00548. The molecular formula is C16H16IN3O4S. The van der Waals surface area contributed by atoms with E-state index < -0.39 is 21.8 Å². The van der Waals surface area contributed by atoms with Gasteiger partial charge >= 0.3 is 0 Å². The third-order valence-corrected chi connectivity index (χ3v) is 6.03. The summed E-state index contributed by atoms with van der Waals surface area (Å²) in [5, 5.41) is 0. The molecule has 2 aromatic carbocycles. The van der Waals surface area contributed by atoms with Crippen molar-refractivity contribution >= 4 is 44.4 Å². The average Bonchev–Trinajstić information content (AvgIpc) is 2.59. The molecule has 0 aliphatic rings. The van der Waals surface area contributed by atoms with E-state index in [4.69, 9.17) is 0 Å². The zero-order chi connectivity index (χ0) is 18.6. The lowest BCUT2D eigenvalue weighted by molar-refractivity contribution is 0.0846. The Balaban J connectivity index is 2.12. The Bertz CT molecular complexity index is 913. The number of hydrogen-bond donors (Lipinski definition) is 2. The van der Waals surface area contributed by atoms with Crippen LogP contribution in [0.1, 0.15) is 20.7 Å².